The standard InChI is InChI=1S/C13H12N2O5/c1-8-6-11(20-15-8)13(18)14-9-4-2-3-5-10(9)19-7-12(16)17/h2-6H,7H2,1H3,(H,14,18)(H,16,17). The first-order valence-electron chi connectivity index (χ1n) is 5.74. The molecular weight excluding hydrogens is 264 g/mol. The minimum absolute atomic E-state index is 0.0653. The Morgan fingerprint density at radius 1 is 1.40 bits per heavy atom. The van der Waals surface area contributed by atoms with Gasteiger partial charge in [-0.05, 0) is 19.1 Å². The Morgan fingerprint density at radius 3 is 2.80 bits per heavy atom. The Morgan fingerprint density at radius 2 is 2.15 bits per heavy atom. The summed E-state index contributed by atoms with van der Waals surface area (Å²) in [5, 5.41) is 14.8. The van der Waals surface area contributed by atoms with Gasteiger partial charge in [-0.25, -0.2) is 4.79 Å². The average molecular weight is 276 g/mol. The Balaban J connectivity index is 2.12. The zero-order chi connectivity index (χ0) is 14.5. The lowest BCUT2D eigenvalue weighted by Gasteiger charge is -2.09. The average Bonchev–Trinajstić information content (AvgIpc) is 2.84. The molecular formula is C13H12N2O5. The predicted molar refractivity (Wildman–Crippen MR) is 68.8 cm³/mol. The molecule has 0 aliphatic rings. The molecule has 0 bridgehead atoms. The van der Waals surface area contributed by atoms with E-state index in [4.69, 9.17) is 14.4 Å². The number of hydrogen-bond acceptors (Lipinski definition) is 5. The van der Waals surface area contributed by atoms with E-state index < -0.39 is 18.5 Å². The summed E-state index contributed by atoms with van der Waals surface area (Å²) in [7, 11) is 0. The molecule has 1 amide bonds. The lowest BCUT2D eigenvalue weighted by molar-refractivity contribution is -0.139. The van der Waals surface area contributed by atoms with Crippen LogP contribution < -0.4 is 10.1 Å². The Hall–Kier alpha value is -2.83. The van der Waals surface area contributed by atoms with E-state index >= 15 is 0 Å². The molecule has 0 fully saturated rings. The highest BCUT2D eigenvalue weighted by molar-refractivity contribution is 6.03. The quantitative estimate of drug-likeness (QED) is 0.861. The molecule has 2 N–H and O–H groups in total. The van der Waals surface area contributed by atoms with Crippen LogP contribution in [-0.2, 0) is 4.79 Å². The number of amides is 1. The molecule has 0 radical (unpaired) electrons. The smallest absolute Gasteiger partial charge is 0.341 e. The molecule has 7 heteroatoms. The van der Waals surface area contributed by atoms with Gasteiger partial charge in [-0.15, -0.1) is 0 Å². The van der Waals surface area contributed by atoms with E-state index in [1.54, 1.807) is 31.2 Å². The molecule has 2 rings (SSSR count). The molecule has 0 spiro atoms. The van der Waals surface area contributed by atoms with E-state index in [1.165, 1.54) is 6.07 Å². The molecule has 0 aliphatic carbocycles. The summed E-state index contributed by atoms with van der Waals surface area (Å²) in [6.45, 7) is 1.21. The fraction of sp³-hybridized carbons (Fsp3) is 0.154. The van der Waals surface area contributed by atoms with Crippen LogP contribution in [0.1, 0.15) is 16.2 Å². The number of hydrogen-bond donors (Lipinski definition) is 2. The normalized spacial score (nSPS) is 10.1. The van der Waals surface area contributed by atoms with Gasteiger partial charge in [0.1, 0.15) is 5.75 Å². The number of carbonyl (C=O) groups is 2. The van der Waals surface area contributed by atoms with Crippen molar-refractivity contribution in [2.75, 3.05) is 11.9 Å². The fourth-order valence-corrected chi connectivity index (χ4v) is 1.49. The molecule has 104 valence electrons. The summed E-state index contributed by atoms with van der Waals surface area (Å²) < 4.78 is 9.92. The van der Waals surface area contributed by atoms with Crippen molar-refractivity contribution in [3.63, 3.8) is 0 Å². The van der Waals surface area contributed by atoms with Crippen LogP contribution in [-0.4, -0.2) is 28.7 Å². The number of carboxylic acid groups (broad SMARTS) is 1. The molecule has 1 heterocycles. The lowest BCUT2D eigenvalue weighted by Crippen LogP contribution is -2.14. The molecule has 1 aromatic heterocycles. The third-order valence-corrected chi connectivity index (χ3v) is 2.34. The minimum atomic E-state index is -1.10. The van der Waals surface area contributed by atoms with Crippen LogP contribution in [0.15, 0.2) is 34.9 Å². The summed E-state index contributed by atoms with van der Waals surface area (Å²) >= 11 is 0. The van der Waals surface area contributed by atoms with Gasteiger partial charge in [-0.1, -0.05) is 17.3 Å². The molecule has 20 heavy (non-hydrogen) atoms. The molecule has 1 aromatic carbocycles. The summed E-state index contributed by atoms with van der Waals surface area (Å²) in [6.07, 6.45) is 0. The van der Waals surface area contributed by atoms with Crippen molar-refractivity contribution in [1.82, 2.24) is 5.16 Å². The summed E-state index contributed by atoms with van der Waals surface area (Å²) in [4.78, 5) is 22.4. The van der Waals surface area contributed by atoms with Gasteiger partial charge in [-0.3, -0.25) is 4.79 Å². The van der Waals surface area contributed by atoms with Gasteiger partial charge in [0.25, 0.3) is 5.91 Å². The minimum Gasteiger partial charge on any atom is -0.480 e. The van der Waals surface area contributed by atoms with E-state index in [9.17, 15) is 9.59 Å². The van der Waals surface area contributed by atoms with Crippen molar-refractivity contribution in [3.05, 3.63) is 41.8 Å². The van der Waals surface area contributed by atoms with Crippen LogP contribution in [0.25, 0.3) is 0 Å². The lowest BCUT2D eigenvalue weighted by atomic mass is 10.2. The number of anilines is 1. The number of ether oxygens (including phenoxy) is 1. The number of aryl methyl sites for hydroxylation is 1. The second kappa shape index (κ2) is 5.87. The van der Waals surface area contributed by atoms with Crippen molar-refractivity contribution in [1.29, 1.82) is 0 Å². The van der Waals surface area contributed by atoms with Gasteiger partial charge in [0.15, 0.2) is 6.61 Å². The molecule has 0 saturated carbocycles. The fourth-order valence-electron chi connectivity index (χ4n) is 1.49. The zero-order valence-electron chi connectivity index (χ0n) is 10.6. The molecule has 2 aromatic rings. The topological polar surface area (TPSA) is 102 Å². The maximum absolute atomic E-state index is 11.9. The molecule has 0 unspecified atom stereocenters. The number of aromatic nitrogens is 1. The zero-order valence-corrected chi connectivity index (χ0v) is 10.6. The van der Waals surface area contributed by atoms with Gasteiger partial charge in [0.2, 0.25) is 5.76 Å². The molecule has 0 saturated heterocycles. The highest BCUT2D eigenvalue weighted by Gasteiger charge is 2.14. The van der Waals surface area contributed by atoms with Crippen LogP contribution in [0.4, 0.5) is 5.69 Å². The second-order valence-electron chi connectivity index (χ2n) is 3.97. The summed E-state index contributed by atoms with van der Waals surface area (Å²) in [5.41, 5.74) is 0.943. The van der Waals surface area contributed by atoms with E-state index in [0.29, 0.717) is 11.4 Å². The van der Waals surface area contributed by atoms with Crippen molar-refractivity contribution in [2.24, 2.45) is 0 Å². The molecule has 0 aliphatic heterocycles. The highest BCUT2D eigenvalue weighted by Crippen LogP contribution is 2.24. The van der Waals surface area contributed by atoms with Gasteiger partial charge in [0.05, 0.1) is 11.4 Å². The Kier molecular flexibility index (Phi) is 3.99. The summed E-state index contributed by atoms with van der Waals surface area (Å²) in [6, 6.07) is 8.01. The number of nitrogens with one attached hydrogen (secondary N) is 1. The number of nitrogens with zero attached hydrogens (tertiary/aromatic N) is 1. The van der Waals surface area contributed by atoms with Gasteiger partial charge in [-0.2, -0.15) is 0 Å². The van der Waals surface area contributed by atoms with Gasteiger partial charge in [0, 0.05) is 6.07 Å². The third-order valence-electron chi connectivity index (χ3n) is 2.34. The van der Waals surface area contributed by atoms with Crippen molar-refractivity contribution >= 4 is 17.6 Å². The number of rotatable bonds is 5. The van der Waals surface area contributed by atoms with Crippen molar-refractivity contribution in [2.45, 2.75) is 6.92 Å². The van der Waals surface area contributed by atoms with Crippen molar-refractivity contribution < 1.29 is 24.0 Å². The van der Waals surface area contributed by atoms with E-state index in [0.717, 1.165) is 0 Å². The van der Waals surface area contributed by atoms with Gasteiger partial charge >= 0.3 is 5.97 Å². The SMILES string of the molecule is Cc1cc(C(=O)Nc2ccccc2OCC(=O)O)on1. The monoisotopic (exact) mass is 276 g/mol. The maximum atomic E-state index is 11.9. The van der Waals surface area contributed by atoms with E-state index in [1.807, 2.05) is 0 Å². The van der Waals surface area contributed by atoms with Crippen LogP contribution in [0, 0.1) is 6.92 Å². The van der Waals surface area contributed by atoms with Crippen molar-refractivity contribution in [3.8, 4) is 5.75 Å². The van der Waals surface area contributed by atoms with E-state index in [-0.39, 0.29) is 11.5 Å². The van der Waals surface area contributed by atoms with Gasteiger partial charge < -0.3 is 19.7 Å². The van der Waals surface area contributed by atoms with Crippen LogP contribution in [0.2, 0.25) is 0 Å². The Labute approximate surface area is 114 Å². The second-order valence-corrected chi connectivity index (χ2v) is 3.97. The largest absolute Gasteiger partial charge is 0.480 e. The first kappa shape index (κ1) is 13.6. The first-order valence-corrected chi connectivity index (χ1v) is 5.74. The van der Waals surface area contributed by atoms with Crippen LogP contribution >= 0.6 is 0 Å². The number of carbonyl (C=O) groups excluding carboxylic acids is 1. The predicted octanol–water partition coefficient (Wildman–Crippen LogP) is 1.70. The Bertz CT molecular complexity index is 635. The van der Waals surface area contributed by atoms with Crippen LogP contribution in [0.3, 0.4) is 0 Å². The third kappa shape index (κ3) is 3.35. The summed E-state index contributed by atoms with van der Waals surface area (Å²) in [5.74, 6) is -1.26. The maximum Gasteiger partial charge on any atom is 0.341 e. The number of benzene rings is 1. The van der Waals surface area contributed by atoms with E-state index in [2.05, 4.69) is 10.5 Å². The molecule has 0 atom stereocenters. The van der Waals surface area contributed by atoms with Crippen LogP contribution in [0.5, 0.6) is 5.75 Å². The molecule has 7 nitrogen and oxygen atoms in total. The first-order chi connectivity index (χ1) is 9.56. The highest BCUT2D eigenvalue weighted by atomic mass is 16.5. The number of aliphatic carboxylic acids is 1. The number of carboxylic acids is 1. The number of para-hydroxylation sites is 2.